The first-order valence-corrected chi connectivity index (χ1v) is 14.2. The molecule has 0 spiro atoms. The zero-order chi connectivity index (χ0) is 27.5. The van der Waals surface area contributed by atoms with Crippen LogP contribution >= 0.6 is 27.5 Å². The number of ether oxygens (including phenoxy) is 3. The number of nitrogens with one attached hydrogen (secondary N) is 1. The maximum Gasteiger partial charge on any atom is 0.410 e. The fourth-order valence-corrected chi connectivity index (χ4v) is 5.71. The molecule has 0 radical (unpaired) electrons. The number of carbonyl (C=O) groups excluding carboxylic acids is 2. The lowest BCUT2D eigenvalue weighted by Crippen LogP contribution is -2.49. The fourth-order valence-electron chi connectivity index (χ4n) is 4.68. The van der Waals surface area contributed by atoms with E-state index < -0.39 is 17.2 Å². The van der Waals surface area contributed by atoms with Gasteiger partial charge in [0.15, 0.2) is 6.23 Å². The number of likely N-dealkylation sites (tertiary alicyclic amines) is 1. The fraction of sp³-hybridized carbons (Fsp3) is 0.593. The van der Waals surface area contributed by atoms with Gasteiger partial charge in [-0.15, -0.1) is 0 Å². The highest BCUT2D eigenvalue weighted by molar-refractivity contribution is 9.10. The van der Waals surface area contributed by atoms with Crippen LogP contribution in [0, 0.1) is 0 Å². The van der Waals surface area contributed by atoms with Crippen LogP contribution < -0.4 is 5.32 Å². The second-order valence-corrected chi connectivity index (χ2v) is 12.3. The molecule has 38 heavy (non-hydrogen) atoms. The van der Waals surface area contributed by atoms with Gasteiger partial charge in [-0.3, -0.25) is 0 Å². The van der Waals surface area contributed by atoms with Crippen LogP contribution in [0.1, 0.15) is 71.6 Å². The van der Waals surface area contributed by atoms with Gasteiger partial charge in [0, 0.05) is 35.1 Å². The van der Waals surface area contributed by atoms with Crippen molar-refractivity contribution in [2.24, 2.45) is 0 Å². The van der Waals surface area contributed by atoms with Crippen molar-refractivity contribution < 1.29 is 23.8 Å². The van der Waals surface area contributed by atoms with Crippen LogP contribution in [-0.4, -0.2) is 64.3 Å². The molecule has 4 rings (SSSR count). The van der Waals surface area contributed by atoms with Crippen molar-refractivity contribution in [3.05, 3.63) is 33.4 Å². The Balaban J connectivity index is 1.27. The van der Waals surface area contributed by atoms with Crippen LogP contribution in [0.3, 0.4) is 0 Å². The summed E-state index contributed by atoms with van der Waals surface area (Å²) in [4.78, 5) is 26.3. The summed E-state index contributed by atoms with van der Waals surface area (Å²) in [5.74, 6) is 0. The number of carbonyl (C=O) groups is 2. The number of nitrogens with zero attached hydrogens (tertiary/aromatic N) is 3. The average molecular weight is 612 g/mol. The minimum Gasteiger partial charge on any atom is -0.449 e. The van der Waals surface area contributed by atoms with E-state index in [2.05, 4.69) is 26.3 Å². The summed E-state index contributed by atoms with van der Waals surface area (Å²) in [5, 5.41) is 9.01. The lowest BCUT2D eigenvalue weighted by molar-refractivity contribution is -0.0366. The van der Waals surface area contributed by atoms with Crippen molar-refractivity contribution in [3.63, 3.8) is 0 Å². The van der Waals surface area contributed by atoms with Crippen LogP contribution in [0.4, 0.5) is 9.59 Å². The van der Waals surface area contributed by atoms with E-state index in [0.29, 0.717) is 31.0 Å². The van der Waals surface area contributed by atoms with E-state index >= 15 is 0 Å². The summed E-state index contributed by atoms with van der Waals surface area (Å²) >= 11 is 10.3. The Labute approximate surface area is 236 Å². The third kappa shape index (κ3) is 7.01. The molecule has 3 heterocycles. The molecule has 2 amide bonds. The summed E-state index contributed by atoms with van der Waals surface area (Å²) in [7, 11) is 0. The Morgan fingerprint density at radius 1 is 1.37 bits per heavy atom. The molecule has 9 nitrogen and oxygen atoms in total. The van der Waals surface area contributed by atoms with Crippen LogP contribution in [0.25, 0.3) is 17.0 Å². The molecule has 1 N–H and O–H groups in total. The molecule has 11 heteroatoms. The lowest BCUT2D eigenvalue weighted by atomic mass is 10.0. The van der Waals surface area contributed by atoms with Gasteiger partial charge in [0.2, 0.25) is 0 Å². The van der Waals surface area contributed by atoms with E-state index in [1.807, 2.05) is 56.8 Å². The van der Waals surface area contributed by atoms with Gasteiger partial charge in [-0.2, -0.15) is 5.10 Å². The molecule has 0 aliphatic carbocycles. The Kier molecular flexibility index (Phi) is 8.94. The summed E-state index contributed by atoms with van der Waals surface area (Å²) in [6.45, 7) is 9.23. The molecule has 0 bridgehead atoms. The van der Waals surface area contributed by atoms with E-state index in [0.717, 1.165) is 46.8 Å². The van der Waals surface area contributed by atoms with Crippen molar-refractivity contribution in [3.8, 4) is 0 Å². The number of alkyl carbamates (subject to hydrolysis) is 1. The van der Waals surface area contributed by atoms with Gasteiger partial charge >= 0.3 is 12.2 Å². The van der Waals surface area contributed by atoms with Crippen LogP contribution in [0.2, 0.25) is 5.02 Å². The van der Waals surface area contributed by atoms with E-state index in [9.17, 15) is 9.59 Å². The summed E-state index contributed by atoms with van der Waals surface area (Å²) < 4.78 is 19.5. The molecular weight excluding hydrogens is 576 g/mol. The minimum atomic E-state index is -0.565. The third-order valence-electron chi connectivity index (χ3n) is 6.59. The highest BCUT2D eigenvalue weighted by Gasteiger charge is 2.39. The first kappa shape index (κ1) is 28.7. The number of benzene rings is 1. The van der Waals surface area contributed by atoms with Crippen molar-refractivity contribution in [1.29, 1.82) is 0 Å². The zero-order valence-electron chi connectivity index (χ0n) is 22.4. The van der Waals surface area contributed by atoms with Gasteiger partial charge < -0.3 is 24.4 Å². The quantitative estimate of drug-likeness (QED) is 0.366. The molecule has 208 valence electrons. The SMILES string of the molecule is CC(C)(C)OC(=O)N1CC[C@@](C)(NC(=O)OCC/C=C\c2c(Cl)cc3c(cnn3C3CCCCO3)c2Br)C1. The van der Waals surface area contributed by atoms with Gasteiger partial charge in [0.1, 0.15) is 5.60 Å². The molecule has 2 fully saturated rings. The molecule has 1 aromatic heterocycles. The average Bonchev–Trinajstić information content (AvgIpc) is 3.44. The molecule has 2 aliphatic rings. The van der Waals surface area contributed by atoms with E-state index in [1.54, 1.807) is 4.90 Å². The van der Waals surface area contributed by atoms with Crippen molar-refractivity contribution >= 4 is 56.7 Å². The van der Waals surface area contributed by atoms with Gasteiger partial charge in [-0.05, 0) is 81.8 Å². The molecule has 2 aromatic rings. The van der Waals surface area contributed by atoms with Crippen LogP contribution in [-0.2, 0) is 14.2 Å². The van der Waals surface area contributed by atoms with E-state index in [4.69, 9.17) is 25.8 Å². The first-order valence-electron chi connectivity index (χ1n) is 13.0. The second kappa shape index (κ2) is 11.8. The summed E-state index contributed by atoms with van der Waals surface area (Å²) in [6.07, 6.45) is 8.97. The van der Waals surface area contributed by atoms with Gasteiger partial charge in [-0.25, -0.2) is 14.3 Å². The number of rotatable bonds is 6. The first-order chi connectivity index (χ1) is 18.0. The van der Waals surface area contributed by atoms with E-state index in [1.165, 1.54) is 0 Å². The predicted octanol–water partition coefficient (Wildman–Crippen LogP) is 6.68. The minimum absolute atomic E-state index is 0.0687. The topological polar surface area (TPSA) is 94.9 Å². The normalized spacial score (nSPS) is 22.3. The number of hydrogen-bond acceptors (Lipinski definition) is 6. The van der Waals surface area contributed by atoms with Crippen LogP contribution in [0.5, 0.6) is 0 Å². The number of halogens is 2. The number of amides is 2. The zero-order valence-corrected chi connectivity index (χ0v) is 24.7. The Morgan fingerprint density at radius 2 is 2.16 bits per heavy atom. The van der Waals surface area contributed by atoms with Crippen molar-refractivity contribution in [2.75, 3.05) is 26.3 Å². The molecule has 2 aliphatic heterocycles. The standard InChI is InChI=1S/C27H36BrClN4O5/c1-26(2,3)38-25(35)32-12-11-27(4,17-32)31-24(34)37-14-7-5-9-18-20(29)15-21-19(23(18)28)16-30-33(21)22-10-6-8-13-36-22/h5,9,15-16,22H,6-8,10-14,17H2,1-4H3,(H,31,34)/b9-5-/t22?,27-/m1/s1. The Morgan fingerprint density at radius 3 is 2.87 bits per heavy atom. The predicted molar refractivity (Wildman–Crippen MR) is 150 cm³/mol. The van der Waals surface area contributed by atoms with Crippen LogP contribution in [0.15, 0.2) is 22.8 Å². The maximum atomic E-state index is 12.4. The van der Waals surface area contributed by atoms with Crippen molar-refractivity contribution in [2.45, 2.75) is 77.2 Å². The maximum absolute atomic E-state index is 12.4. The second-order valence-electron chi connectivity index (χ2n) is 11.1. The number of hydrogen-bond donors (Lipinski definition) is 1. The highest BCUT2D eigenvalue weighted by atomic mass is 79.9. The number of fused-ring (bicyclic) bond motifs is 1. The summed E-state index contributed by atoms with van der Waals surface area (Å²) in [5.41, 5.74) is 0.642. The Bertz CT molecular complexity index is 1200. The lowest BCUT2D eigenvalue weighted by Gasteiger charge is -2.27. The molecule has 0 saturated carbocycles. The molecule has 1 aromatic carbocycles. The molecule has 1 unspecified atom stereocenters. The molecular formula is C27H36BrClN4O5. The number of aromatic nitrogens is 2. The Hall–Kier alpha value is -2.30. The third-order valence-corrected chi connectivity index (χ3v) is 7.75. The van der Waals surface area contributed by atoms with Gasteiger partial charge in [0.25, 0.3) is 0 Å². The van der Waals surface area contributed by atoms with Crippen molar-refractivity contribution in [1.82, 2.24) is 20.0 Å². The molecule has 2 atom stereocenters. The summed E-state index contributed by atoms with van der Waals surface area (Å²) in [6, 6.07) is 1.92. The highest BCUT2D eigenvalue weighted by Crippen LogP contribution is 2.36. The van der Waals surface area contributed by atoms with Gasteiger partial charge in [0.05, 0.1) is 28.9 Å². The monoisotopic (exact) mass is 610 g/mol. The molecule has 2 saturated heterocycles. The van der Waals surface area contributed by atoms with E-state index in [-0.39, 0.29) is 18.9 Å². The largest absolute Gasteiger partial charge is 0.449 e. The van der Waals surface area contributed by atoms with Gasteiger partial charge in [-0.1, -0.05) is 23.8 Å². The smallest absolute Gasteiger partial charge is 0.410 e.